The standard InChI is InChI=1S/C25H29ClN2O4S2/c1-32-17-2-3-21-19(14-17)23(20(26)15-27-21)22(29)4-6-25(24(30)31)7-9-28(10-8-25)11-13-34-18-5-12-33-16-18/h2-3,5,12,14-16,22,29H,4,6-11,13H2,1H3,(H,30,31)/t22-/m1/s1. The first-order valence-corrected chi connectivity index (χ1v) is 13.6. The fraction of sp³-hybridized carbons (Fsp3) is 0.440. The highest BCUT2D eigenvalue weighted by molar-refractivity contribution is 7.99. The van der Waals surface area contributed by atoms with Crippen LogP contribution in [0, 0.1) is 5.41 Å². The number of carboxylic acid groups (broad SMARTS) is 1. The molecular formula is C25H29ClN2O4S2. The van der Waals surface area contributed by atoms with Crippen LogP contribution in [0.5, 0.6) is 5.75 Å². The maximum Gasteiger partial charge on any atom is 0.309 e. The lowest BCUT2D eigenvalue weighted by molar-refractivity contribution is -0.153. The molecule has 0 bridgehead atoms. The predicted octanol–water partition coefficient (Wildman–Crippen LogP) is 5.73. The first-order valence-electron chi connectivity index (χ1n) is 11.3. The number of hydrogen-bond donors (Lipinski definition) is 2. The van der Waals surface area contributed by atoms with Gasteiger partial charge in [0.25, 0.3) is 0 Å². The number of thioether (sulfide) groups is 1. The molecule has 1 saturated heterocycles. The number of aliphatic hydroxyl groups is 1. The highest BCUT2D eigenvalue weighted by Gasteiger charge is 2.41. The number of rotatable bonds is 10. The fourth-order valence-electron chi connectivity index (χ4n) is 4.59. The van der Waals surface area contributed by atoms with Crippen LogP contribution in [0.3, 0.4) is 0 Å². The van der Waals surface area contributed by atoms with Gasteiger partial charge in [-0.25, -0.2) is 0 Å². The third-order valence-electron chi connectivity index (χ3n) is 6.74. The number of halogens is 1. The topological polar surface area (TPSA) is 82.9 Å². The first kappa shape index (κ1) is 25.3. The smallest absolute Gasteiger partial charge is 0.309 e. The Bertz CT molecular complexity index is 1120. The van der Waals surface area contributed by atoms with Gasteiger partial charge in [0.05, 0.1) is 29.2 Å². The lowest BCUT2D eigenvalue weighted by Crippen LogP contribution is -2.45. The van der Waals surface area contributed by atoms with E-state index in [4.69, 9.17) is 16.3 Å². The SMILES string of the molecule is COc1ccc2ncc(Cl)c([C@H](O)CCC3(C(=O)O)CCN(CCSc4ccsc4)CC3)c2c1. The average Bonchev–Trinajstić information content (AvgIpc) is 3.36. The number of thiophene rings is 1. The number of likely N-dealkylation sites (tertiary alicyclic amines) is 1. The molecule has 1 fully saturated rings. The molecule has 182 valence electrons. The maximum atomic E-state index is 12.3. The van der Waals surface area contributed by atoms with Crippen LogP contribution < -0.4 is 4.74 Å². The zero-order valence-corrected chi connectivity index (χ0v) is 21.5. The number of fused-ring (bicyclic) bond motifs is 1. The normalized spacial score (nSPS) is 17.0. The van der Waals surface area contributed by atoms with E-state index >= 15 is 0 Å². The molecule has 4 rings (SSSR count). The van der Waals surface area contributed by atoms with Gasteiger partial charge in [-0.2, -0.15) is 11.3 Å². The number of aliphatic hydroxyl groups excluding tert-OH is 1. The molecule has 1 aliphatic heterocycles. The molecule has 1 aliphatic rings. The molecule has 0 amide bonds. The van der Waals surface area contributed by atoms with Gasteiger partial charge >= 0.3 is 5.97 Å². The number of aliphatic carboxylic acids is 1. The molecule has 0 saturated carbocycles. The zero-order chi connectivity index (χ0) is 24.1. The number of piperidine rings is 1. The van der Waals surface area contributed by atoms with E-state index in [1.165, 1.54) is 11.1 Å². The molecule has 0 radical (unpaired) electrons. The van der Waals surface area contributed by atoms with Gasteiger partial charge in [0.2, 0.25) is 0 Å². The van der Waals surface area contributed by atoms with Gasteiger partial charge in [-0.3, -0.25) is 9.78 Å². The van der Waals surface area contributed by atoms with E-state index in [-0.39, 0.29) is 0 Å². The fourth-order valence-corrected chi connectivity index (χ4v) is 6.66. The number of hydrogen-bond acceptors (Lipinski definition) is 7. The molecule has 0 aliphatic carbocycles. The molecular weight excluding hydrogens is 492 g/mol. The Morgan fingerprint density at radius 3 is 2.82 bits per heavy atom. The number of aromatic nitrogens is 1. The minimum absolute atomic E-state index is 0.316. The Hall–Kier alpha value is -1.84. The van der Waals surface area contributed by atoms with E-state index in [0.717, 1.165) is 30.8 Å². The van der Waals surface area contributed by atoms with Crippen LogP contribution in [-0.4, -0.2) is 58.6 Å². The quantitative estimate of drug-likeness (QED) is 0.330. The highest BCUT2D eigenvalue weighted by Crippen LogP contribution is 2.41. The van der Waals surface area contributed by atoms with Crippen molar-refractivity contribution in [2.75, 3.05) is 32.5 Å². The maximum absolute atomic E-state index is 12.3. The van der Waals surface area contributed by atoms with E-state index in [2.05, 4.69) is 26.7 Å². The van der Waals surface area contributed by atoms with Crippen molar-refractivity contribution in [3.8, 4) is 5.75 Å². The number of ether oxygens (including phenoxy) is 1. The minimum atomic E-state index is -0.888. The molecule has 1 atom stereocenters. The Morgan fingerprint density at radius 2 is 2.15 bits per heavy atom. The number of nitrogens with zero attached hydrogens (tertiary/aromatic N) is 2. The third-order valence-corrected chi connectivity index (χ3v) is 8.84. The van der Waals surface area contributed by atoms with Gasteiger partial charge in [-0.05, 0) is 68.4 Å². The van der Waals surface area contributed by atoms with Crippen molar-refractivity contribution in [3.05, 3.63) is 51.8 Å². The van der Waals surface area contributed by atoms with Crippen molar-refractivity contribution in [2.45, 2.75) is 36.7 Å². The highest BCUT2D eigenvalue weighted by atomic mass is 35.5. The molecule has 6 nitrogen and oxygen atoms in total. The number of carboxylic acids is 1. The number of methoxy groups -OCH3 is 1. The molecule has 0 spiro atoms. The molecule has 2 aromatic heterocycles. The molecule has 1 aromatic carbocycles. The Labute approximate surface area is 212 Å². The molecule has 3 aromatic rings. The summed E-state index contributed by atoms with van der Waals surface area (Å²) in [4.78, 5) is 20.3. The van der Waals surface area contributed by atoms with Gasteiger partial charge < -0.3 is 19.8 Å². The van der Waals surface area contributed by atoms with Crippen LogP contribution in [0.1, 0.15) is 37.4 Å². The van der Waals surface area contributed by atoms with Crippen LogP contribution >= 0.6 is 34.7 Å². The number of benzene rings is 1. The minimum Gasteiger partial charge on any atom is -0.497 e. The van der Waals surface area contributed by atoms with Crippen LogP contribution in [0.4, 0.5) is 0 Å². The van der Waals surface area contributed by atoms with Crippen molar-refractivity contribution in [2.24, 2.45) is 5.41 Å². The summed E-state index contributed by atoms with van der Waals surface area (Å²) >= 11 is 9.97. The third kappa shape index (κ3) is 5.69. The lowest BCUT2D eigenvalue weighted by atomic mass is 9.74. The van der Waals surface area contributed by atoms with E-state index in [9.17, 15) is 15.0 Å². The molecule has 2 N–H and O–H groups in total. The molecule has 9 heteroatoms. The van der Waals surface area contributed by atoms with E-state index in [0.29, 0.717) is 47.5 Å². The summed E-state index contributed by atoms with van der Waals surface area (Å²) in [5.74, 6) is 0.864. The first-order chi connectivity index (χ1) is 16.4. The second-order valence-corrected chi connectivity index (χ2v) is 11.0. The van der Waals surface area contributed by atoms with Gasteiger partial charge in [0, 0.05) is 39.7 Å². The Balaban J connectivity index is 1.39. The van der Waals surface area contributed by atoms with Crippen LogP contribution in [-0.2, 0) is 4.79 Å². The van der Waals surface area contributed by atoms with Crippen LogP contribution in [0.2, 0.25) is 5.02 Å². The molecule has 34 heavy (non-hydrogen) atoms. The van der Waals surface area contributed by atoms with Crippen LogP contribution in [0.15, 0.2) is 46.1 Å². The number of pyridine rings is 1. The monoisotopic (exact) mass is 520 g/mol. The Morgan fingerprint density at radius 1 is 1.35 bits per heavy atom. The van der Waals surface area contributed by atoms with Crippen molar-refractivity contribution in [3.63, 3.8) is 0 Å². The lowest BCUT2D eigenvalue weighted by Gasteiger charge is -2.39. The average molecular weight is 521 g/mol. The van der Waals surface area contributed by atoms with E-state index in [1.807, 2.05) is 30.0 Å². The summed E-state index contributed by atoms with van der Waals surface area (Å²) in [6.07, 6.45) is 2.52. The van der Waals surface area contributed by atoms with Crippen molar-refractivity contribution in [1.82, 2.24) is 9.88 Å². The summed E-state index contributed by atoms with van der Waals surface area (Å²) in [7, 11) is 1.58. The summed E-state index contributed by atoms with van der Waals surface area (Å²) in [6, 6.07) is 7.57. The second-order valence-electron chi connectivity index (χ2n) is 8.69. The van der Waals surface area contributed by atoms with E-state index < -0.39 is 17.5 Å². The van der Waals surface area contributed by atoms with Crippen molar-refractivity contribution >= 4 is 51.6 Å². The summed E-state index contributed by atoms with van der Waals surface area (Å²) in [6.45, 7) is 2.45. The van der Waals surface area contributed by atoms with Gasteiger partial charge in [0.1, 0.15) is 5.75 Å². The van der Waals surface area contributed by atoms with Crippen molar-refractivity contribution < 1.29 is 19.7 Å². The molecule has 0 unspecified atom stereocenters. The molecule has 3 heterocycles. The predicted molar refractivity (Wildman–Crippen MR) is 138 cm³/mol. The van der Waals surface area contributed by atoms with Gasteiger partial charge in [-0.15, -0.1) is 11.8 Å². The Kier molecular flexibility index (Phi) is 8.37. The number of carbonyl (C=O) groups is 1. The largest absolute Gasteiger partial charge is 0.497 e. The second kappa shape index (κ2) is 11.3. The van der Waals surface area contributed by atoms with Gasteiger partial charge in [0.15, 0.2) is 0 Å². The van der Waals surface area contributed by atoms with E-state index in [1.54, 1.807) is 18.4 Å². The summed E-state index contributed by atoms with van der Waals surface area (Å²) in [5, 5.41) is 26.5. The van der Waals surface area contributed by atoms with Gasteiger partial charge in [-0.1, -0.05) is 11.6 Å². The van der Waals surface area contributed by atoms with Crippen LogP contribution in [0.25, 0.3) is 10.9 Å². The summed E-state index contributed by atoms with van der Waals surface area (Å²) in [5.41, 5.74) is 0.458. The summed E-state index contributed by atoms with van der Waals surface area (Å²) < 4.78 is 5.32. The zero-order valence-electron chi connectivity index (χ0n) is 19.1. The van der Waals surface area contributed by atoms with Crippen molar-refractivity contribution in [1.29, 1.82) is 0 Å².